The van der Waals surface area contributed by atoms with Crippen molar-refractivity contribution >= 4 is 16.8 Å². The highest BCUT2D eigenvalue weighted by Crippen LogP contribution is 2.27. The first kappa shape index (κ1) is 16.2. The highest BCUT2D eigenvalue weighted by molar-refractivity contribution is 5.88. The Hall–Kier alpha value is -2.63. The molecule has 0 bridgehead atoms. The second-order valence-corrected chi connectivity index (χ2v) is 6.15. The summed E-state index contributed by atoms with van der Waals surface area (Å²) in [5.41, 5.74) is 1.74. The number of benzene rings is 1. The molecule has 6 heteroatoms. The normalized spacial score (nSPS) is 11.3. The van der Waals surface area contributed by atoms with Crippen molar-refractivity contribution in [2.75, 3.05) is 0 Å². The highest BCUT2D eigenvalue weighted by atomic mass is 16.4. The average molecular weight is 326 g/mol. The molecule has 24 heavy (non-hydrogen) atoms. The van der Waals surface area contributed by atoms with E-state index in [-0.39, 0.29) is 18.5 Å². The summed E-state index contributed by atoms with van der Waals surface area (Å²) in [6.07, 6.45) is 1.70. The fraction of sp³-hybridized carbons (Fsp3) is 0.389. The molecule has 0 atom stereocenters. The Morgan fingerprint density at radius 1 is 1.29 bits per heavy atom. The Kier molecular flexibility index (Phi) is 4.64. The summed E-state index contributed by atoms with van der Waals surface area (Å²) in [6.45, 7) is 6.17. The highest BCUT2D eigenvalue weighted by Gasteiger charge is 2.18. The zero-order valence-corrected chi connectivity index (χ0v) is 14.2. The molecule has 3 rings (SSSR count). The van der Waals surface area contributed by atoms with E-state index in [9.17, 15) is 4.79 Å². The summed E-state index contributed by atoms with van der Waals surface area (Å²) >= 11 is 0. The second-order valence-electron chi connectivity index (χ2n) is 6.15. The van der Waals surface area contributed by atoms with Crippen LogP contribution in [-0.2, 0) is 17.8 Å². The lowest BCUT2D eigenvalue weighted by Crippen LogP contribution is -2.33. The molecule has 0 saturated heterocycles. The first-order valence-electron chi connectivity index (χ1n) is 8.29. The second kappa shape index (κ2) is 6.86. The van der Waals surface area contributed by atoms with Crippen LogP contribution in [0.25, 0.3) is 22.5 Å². The zero-order valence-electron chi connectivity index (χ0n) is 14.2. The molecule has 0 radical (unpaired) electrons. The average Bonchev–Trinajstić information content (AvgIpc) is 3.12. The van der Waals surface area contributed by atoms with E-state index in [4.69, 9.17) is 4.42 Å². The summed E-state index contributed by atoms with van der Waals surface area (Å²) in [5.74, 6) is 1.03. The molecule has 2 aromatic heterocycles. The van der Waals surface area contributed by atoms with E-state index in [0.29, 0.717) is 11.8 Å². The predicted molar refractivity (Wildman–Crippen MR) is 92.5 cm³/mol. The van der Waals surface area contributed by atoms with E-state index in [0.717, 1.165) is 29.4 Å². The Bertz CT molecular complexity index is 848. The van der Waals surface area contributed by atoms with Crippen molar-refractivity contribution in [2.45, 2.75) is 46.2 Å². The number of nitrogens with one attached hydrogen (secondary N) is 1. The van der Waals surface area contributed by atoms with Gasteiger partial charge in [-0.3, -0.25) is 4.79 Å². The monoisotopic (exact) mass is 326 g/mol. The van der Waals surface area contributed by atoms with E-state index >= 15 is 0 Å². The van der Waals surface area contributed by atoms with Gasteiger partial charge in [0.1, 0.15) is 12.2 Å². The van der Waals surface area contributed by atoms with Gasteiger partial charge in [-0.2, -0.15) is 0 Å². The van der Waals surface area contributed by atoms with Crippen LogP contribution in [-0.4, -0.2) is 26.7 Å². The van der Waals surface area contributed by atoms with Crippen LogP contribution in [0.2, 0.25) is 0 Å². The van der Waals surface area contributed by atoms with Gasteiger partial charge in [0, 0.05) is 23.4 Å². The van der Waals surface area contributed by atoms with Crippen LogP contribution in [0.1, 0.15) is 33.1 Å². The van der Waals surface area contributed by atoms with E-state index in [2.05, 4.69) is 22.4 Å². The minimum Gasteiger partial charge on any atom is -0.419 e. The van der Waals surface area contributed by atoms with Gasteiger partial charge in [-0.1, -0.05) is 25.1 Å². The van der Waals surface area contributed by atoms with Gasteiger partial charge in [-0.05, 0) is 32.4 Å². The smallest absolute Gasteiger partial charge is 0.264 e. The van der Waals surface area contributed by atoms with Gasteiger partial charge >= 0.3 is 0 Å². The molecule has 0 aliphatic carbocycles. The Morgan fingerprint density at radius 2 is 2.08 bits per heavy atom. The van der Waals surface area contributed by atoms with Crippen LogP contribution in [0, 0.1) is 0 Å². The van der Waals surface area contributed by atoms with Crippen molar-refractivity contribution in [1.82, 2.24) is 20.1 Å². The van der Waals surface area contributed by atoms with Crippen LogP contribution in [0.15, 0.2) is 34.7 Å². The maximum atomic E-state index is 12.3. The third-order valence-electron chi connectivity index (χ3n) is 3.71. The molecule has 2 heterocycles. The number of aromatic nitrogens is 3. The number of carbonyl (C=O) groups excluding carboxylic acids is 1. The van der Waals surface area contributed by atoms with Crippen molar-refractivity contribution in [3.05, 3.63) is 36.2 Å². The first-order chi connectivity index (χ1) is 11.6. The summed E-state index contributed by atoms with van der Waals surface area (Å²) in [4.78, 5) is 12.3. The number of amides is 1. The molecule has 1 amide bonds. The third kappa shape index (κ3) is 3.32. The minimum absolute atomic E-state index is 0.0408. The summed E-state index contributed by atoms with van der Waals surface area (Å²) in [7, 11) is 0. The Labute approximate surface area is 140 Å². The molecule has 1 N–H and O–H groups in total. The first-order valence-corrected chi connectivity index (χ1v) is 8.29. The van der Waals surface area contributed by atoms with Crippen molar-refractivity contribution in [2.24, 2.45) is 0 Å². The molecule has 0 unspecified atom stereocenters. The number of rotatable bonds is 6. The topological polar surface area (TPSA) is 73.0 Å². The van der Waals surface area contributed by atoms with E-state index < -0.39 is 0 Å². The lowest BCUT2D eigenvalue weighted by atomic mass is 10.2. The number of hydrogen-bond donors (Lipinski definition) is 1. The van der Waals surface area contributed by atoms with Gasteiger partial charge in [0.15, 0.2) is 0 Å². The number of aryl methyl sites for hydroxylation is 1. The molecule has 0 saturated carbocycles. The zero-order chi connectivity index (χ0) is 17.1. The number of hydrogen-bond acceptors (Lipinski definition) is 4. The fourth-order valence-corrected chi connectivity index (χ4v) is 2.74. The number of carbonyl (C=O) groups is 1. The van der Waals surface area contributed by atoms with Crippen LogP contribution in [0.4, 0.5) is 0 Å². The number of para-hydroxylation sites is 1. The van der Waals surface area contributed by atoms with Crippen LogP contribution in [0.3, 0.4) is 0 Å². The summed E-state index contributed by atoms with van der Waals surface area (Å²) in [5, 5.41) is 12.2. The molecule has 1 aromatic carbocycles. The van der Waals surface area contributed by atoms with E-state index in [1.54, 1.807) is 0 Å². The van der Waals surface area contributed by atoms with Gasteiger partial charge in [0.2, 0.25) is 11.8 Å². The standard InChI is InChI=1S/C18H22N4O2/c1-4-7-17-20-21-18(24-17)15-10-13-8-5-6-9-14(13)22(15)11-16(23)19-12(2)3/h5-6,8-10,12H,4,7,11H2,1-3H3,(H,19,23). The van der Waals surface area contributed by atoms with Gasteiger partial charge in [0.25, 0.3) is 5.89 Å². The van der Waals surface area contributed by atoms with Crippen LogP contribution >= 0.6 is 0 Å². The molecule has 0 spiro atoms. The van der Waals surface area contributed by atoms with Crippen molar-refractivity contribution in [3.63, 3.8) is 0 Å². The van der Waals surface area contributed by atoms with Crippen molar-refractivity contribution in [1.29, 1.82) is 0 Å². The molecule has 0 aliphatic heterocycles. The molecule has 0 aliphatic rings. The largest absolute Gasteiger partial charge is 0.419 e. The molecule has 3 aromatic rings. The van der Waals surface area contributed by atoms with Crippen LogP contribution in [0.5, 0.6) is 0 Å². The van der Waals surface area contributed by atoms with E-state index in [1.165, 1.54) is 0 Å². The van der Waals surface area contributed by atoms with Crippen molar-refractivity contribution < 1.29 is 9.21 Å². The Morgan fingerprint density at radius 3 is 2.83 bits per heavy atom. The molecular weight excluding hydrogens is 304 g/mol. The van der Waals surface area contributed by atoms with Crippen molar-refractivity contribution in [3.8, 4) is 11.6 Å². The minimum atomic E-state index is -0.0408. The molecule has 126 valence electrons. The maximum absolute atomic E-state index is 12.3. The SMILES string of the molecule is CCCc1nnc(-c2cc3ccccc3n2CC(=O)NC(C)C)o1. The fourth-order valence-electron chi connectivity index (χ4n) is 2.74. The lowest BCUT2D eigenvalue weighted by molar-refractivity contribution is -0.122. The van der Waals surface area contributed by atoms with Gasteiger partial charge in [-0.15, -0.1) is 10.2 Å². The quantitative estimate of drug-likeness (QED) is 0.755. The summed E-state index contributed by atoms with van der Waals surface area (Å²) < 4.78 is 7.70. The van der Waals surface area contributed by atoms with Gasteiger partial charge < -0.3 is 14.3 Å². The molecular formula is C18H22N4O2. The molecule has 6 nitrogen and oxygen atoms in total. The maximum Gasteiger partial charge on any atom is 0.264 e. The molecule has 0 fully saturated rings. The number of nitrogens with zero attached hydrogens (tertiary/aromatic N) is 3. The van der Waals surface area contributed by atoms with Gasteiger partial charge in [0.05, 0.1) is 0 Å². The Balaban J connectivity index is 2.02. The van der Waals surface area contributed by atoms with Gasteiger partial charge in [-0.25, -0.2) is 0 Å². The predicted octanol–water partition coefficient (Wildman–Crippen LogP) is 3.17. The summed E-state index contributed by atoms with van der Waals surface area (Å²) in [6, 6.07) is 10.0. The van der Waals surface area contributed by atoms with E-state index in [1.807, 2.05) is 48.7 Å². The third-order valence-corrected chi connectivity index (χ3v) is 3.71. The lowest BCUT2D eigenvalue weighted by Gasteiger charge is -2.11. The number of fused-ring (bicyclic) bond motifs is 1. The van der Waals surface area contributed by atoms with Crippen LogP contribution < -0.4 is 5.32 Å².